The molecule has 2 heterocycles. The SMILES string of the molecule is Cc1cc(C(=O)N2CC(=O)NC(=O)C2(C)C)c(C)s1. The summed E-state index contributed by atoms with van der Waals surface area (Å²) < 4.78 is 0. The van der Waals surface area contributed by atoms with E-state index >= 15 is 0 Å². The molecule has 1 aliphatic heterocycles. The van der Waals surface area contributed by atoms with Crippen LogP contribution in [0.1, 0.15) is 34.0 Å². The zero-order valence-electron chi connectivity index (χ0n) is 11.4. The maximum Gasteiger partial charge on any atom is 0.256 e. The fourth-order valence-corrected chi connectivity index (χ4v) is 3.01. The summed E-state index contributed by atoms with van der Waals surface area (Å²) in [6.07, 6.45) is 0. The number of imide groups is 1. The predicted octanol–water partition coefficient (Wildman–Crippen LogP) is 1.24. The van der Waals surface area contributed by atoms with Crippen LogP contribution in [-0.2, 0) is 9.59 Å². The molecule has 19 heavy (non-hydrogen) atoms. The molecular weight excluding hydrogens is 264 g/mol. The van der Waals surface area contributed by atoms with Gasteiger partial charge in [0.25, 0.3) is 11.8 Å². The molecule has 102 valence electrons. The summed E-state index contributed by atoms with van der Waals surface area (Å²) in [5.41, 5.74) is -0.453. The van der Waals surface area contributed by atoms with Gasteiger partial charge in [0, 0.05) is 9.75 Å². The Morgan fingerprint density at radius 3 is 2.53 bits per heavy atom. The molecule has 1 N–H and O–H groups in total. The molecule has 0 aliphatic carbocycles. The number of hydrogen-bond acceptors (Lipinski definition) is 4. The van der Waals surface area contributed by atoms with E-state index in [0.717, 1.165) is 9.75 Å². The maximum atomic E-state index is 12.5. The molecule has 6 heteroatoms. The molecule has 0 radical (unpaired) electrons. The van der Waals surface area contributed by atoms with E-state index in [-0.39, 0.29) is 12.5 Å². The summed E-state index contributed by atoms with van der Waals surface area (Å²) in [4.78, 5) is 39.1. The van der Waals surface area contributed by atoms with Gasteiger partial charge in [-0.05, 0) is 33.8 Å². The first-order chi connectivity index (χ1) is 8.73. The second-order valence-corrected chi connectivity index (χ2v) is 6.61. The topological polar surface area (TPSA) is 66.5 Å². The standard InChI is InChI=1S/C13H16N2O3S/c1-7-5-9(8(2)19-7)11(17)15-6-10(16)14-12(18)13(15,3)4/h5H,6H2,1-4H3,(H,14,16,18). The Labute approximate surface area is 115 Å². The van der Waals surface area contributed by atoms with E-state index in [9.17, 15) is 14.4 Å². The molecule has 1 saturated heterocycles. The summed E-state index contributed by atoms with van der Waals surface area (Å²) in [6.45, 7) is 6.98. The minimum Gasteiger partial charge on any atom is -0.315 e. The Balaban J connectivity index is 2.39. The first-order valence-electron chi connectivity index (χ1n) is 5.96. The number of carbonyl (C=O) groups excluding carboxylic acids is 3. The van der Waals surface area contributed by atoms with Crippen LogP contribution < -0.4 is 5.32 Å². The summed E-state index contributed by atoms with van der Waals surface area (Å²) in [5, 5.41) is 2.26. The predicted molar refractivity (Wildman–Crippen MR) is 72.1 cm³/mol. The van der Waals surface area contributed by atoms with Gasteiger partial charge in [-0.15, -0.1) is 11.3 Å². The molecule has 0 saturated carbocycles. The van der Waals surface area contributed by atoms with Crippen LogP contribution in [0.4, 0.5) is 0 Å². The quantitative estimate of drug-likeness (QED) is 0.787. The largest absolute Gasteiger partial charge is 0.315 e. The molecule has 1 fully saturated rings. The minimum absolute atomic E-state index is 0.0914. The lowest BCUT2D eigenvalue weighted by Crippen LogP contribution is -2.65. The first kappa shape index (κ1) is 13.7. The third kappa shape index (κ3) is 2.28. The van der Waals surface area contributed by atoms with E-state index in [1.807, 2.05) is 13.8 Å². The van der Waals surface area contributed by atoms with Gasteiger partial charge in [0.1, 0.15) is 12.1 Å². The van der Waals surface area contributed by atoms with Crippen molar-refractivity contribution in [2.24, 2.45) is 0 Å². The molecule has 0 aromatic carbocycles. The lowest BCUT2D eigenvalue weighted by molar-refractivity contribution is -0.143. The molecule has 1 aliphatic rings. The van der Waals surface area contributed by atoms with Crippen LogP contribution >= 0.6 is 11.3 Å². The molecule has 1 aromatic heterocycles. The fourth-order valence-electron chi connectivity index (χ4n) is 2.10. The second-order valence-electron chi connectivity index (χ2n) is 5.15. The molecule has 2 rings (SSSR count). The molecule has 0 spiro atoms. The third-order valence-corrected chi connectivity index (χ3v) is 4.27. The van der Waals surface area contributed by atoms with Crippen molar-refractivity contribution in [3.8, 4) is 0 Å². The van der Waals surface area contributed by atoms with Crippen LogP contribution in [0.3, 0.4) is 0 Å². The molecule has 0 atom stereocenters. The molecule has 1 aromatic rings. The number of piperazine rings is 1. The third-order valence-electron chi connectivity index (χ3n) is 3.30. The smallest absolute Gasteiger partial charge is 0.256 e. The van der Waals surface area contributed by atoms with Crippen LogP contribution in [0.5, 0.6) is 0 Å². The Morgan fingerprint density at radius 1 is 1.37 bits per heavy atom. The van der Waals surface area contributed by atoms with E-state index in [2.05, 4.69) is 5.32 Å². The highest BCUT2D eigenvalue weighted by Gasteiger charge is 2.44. The van der Waals surface area contributed by atoms with E-state index in [1.54, 1.807) is 19.9 Å². The van der Waals surface area contributed by atoms with Crippen molar-refractivity contribution >= 4 is 29.1 Å². The van der Waals surface area contributed by atoms with Crippen molar-refractivity contribution in [2.45, 2.75) is 33.2 Å². The van der Waals surface area contributed by atoms with Gasteiger partial charge in [-0.25, -0.2) is 0 Å². The summed E-state index contributed by atoms with van der Waals surface area (Å²) in [7, 11) is 0. The van der Waals surface area contributed by atoms with Crippen molar-refractivity contribution in [1.82, 2.24) is 10.2 Å². The summed E-state index contributed by atoms with van der Waals surface area (Å²) in [6, 6.07) is 1.80. The first-order valence-corrected chi connectivity index (χ1v) is 6.78. The van der Waals surface area contributed by atoms with Gasteiger partial charge in [-0.3, -0.25) is 19.7 Å². The number of nitrogens with zero attached hydrogens (tertiary/aromatic N) is 1. The number of amides is 3. The fraction of sp³-hybridized carbons (Fsp3) is 0.462. The van der Waals surface area contributed by atoms with Gasteiger partial charge in [-0.2, -0.15) is 0 Å². The zero-order valence-corrected chi connectivity index (χ0v) is 12.2. The minimum atomic E-state index is -1.02. The van der Waals surface area contributed by atoms with Crippen LogP contribution in [0.15, 0.2) is 6.07 Å². The molecular formula is C13H16N2O3S. The van der Waals surface area contributed by atoms with Gasteiger partial charge in [0.15, 0.2) is 0 Å². The highest BCUT2D eigenvalue weighted by atomic mass is 32.1. The Morgan fingerprint density at radius 2 is 2.00 bits per heavy atom. The van der Waals surface area contributed by atoms with Crippen molar-refractivity contribution in [2.75, 3.05) is 6.54 Å². The van der Waals surface area contributed by atoms with Crippen molar-refractivity contribution in [3.63, 3.8) is 0 Å². The van der Waals surface area contributed by atoms with Crippen LogP contribution in [0.25, 0.3) is 0 Å². The number of aryl methyl sites for hydroxylation is 2. The van der Waals surface area contributed by atoms with E-state index < -0.39 is 17.4 Å². The highest BCUT2D eigenvalue weighted by Crippen LogP contribution is 2.26. The Bertz CT molecular complexity index is 574. The summed E-state index contributed by atoms with van der Waals surface area (Å²) >= 11 is 1.53. The normalized spacial score (nSPS) is 18.4. The number of nitrogens with one attached hydrogen (secondary N) is 1. The zero-order chi connectivity index (χ0) is 14.4. The van der Waals surface area contributed by atoms with Crippen molar-refractivity contribution in [3.05, 3.63) is 21.4 Å². The number of thiophene rings is 1. The van der Waals surface area contributed by atoms with E-state index in [4.69, 9.17) is 0 Å². The maximum absolute atomic E-state index is 12.5. The number of hydrogen-bond donors (Lipinski definition) is 1. The Kier molecular flexibility index (Phi) is 3.22. The van der Waals surface area contributed by atoms with Gasteiger partial charge in [0.05, 0.1) is 5.56 Å². The molecule has 5 nitrogen and oxygen atoms in total. The van der Waals surface area contributed by atoms with E-state index in [1.165, 1.54) is 16.2 Å². The molecule has 0 unspecified atom stereocenters. The van der Waals surface area contributed by atoms with E-state index in [0.29, 0.717) is 5.56 Å². The number of carbonyl (C=O) groups is 3. The van der Waals surface area contributed by atoms with Crippen molar-refractivity contribution in [1.29, 1.82) is 0 Å². The molecule has 3 amide bonds. The average Bonchev–Trinajstić information content (AvgIpc) is 2.62. The highest BCUT2D eigenvalue weighted by molar-refractivity contribution is 7.12. The van der Waals surface area contributed by atoms with Gasteiger partial charge in [0.2, 0.25) is 5.91 Å². The second kappa shape index (κ2) is 4.45. The number of rotatable bonds is 1. The van der Waals surface area contributed by atoms with Gasteiger partial charge in [-0.1, -0.05) is 0 Å². The average molecular weight is 280 g/mol. The van der Waals surface area contributed by atoms with Crippen LogP contribution in [0, 0.1) is 13.8 Å². The molecule has 0 bridgehead atoms. The van der Waals surface area contributed by atoms with Crippen LogP contribution in [0.2, 0.25) is 0 Å². The monoisotopic (exact) mass is 280 g/mol. The lowest BCUT2D eigenvalue weighted by Gasteiger charge is -2.40. The summed E-state index contributed by atoms with van der Waals surface area (Å²) in [5.74, 6) is -1.15. The van der Waals surface area contributed by atoms with Gasteiger partial charge < -0.3 is 4.90 Å². The lowest BCUT2D eigenvalue weighted by atomic mass is 9.97. The van der Waals surface area contributed by atoms with Crippen molar-refractivity contribution < 1.29 is 14.4 Å². The van der Waals surface area contributed by atoms with Gasteiger partial charge >= 0.3 is 0 Å². The Hall–Kier alpha value is -1.69. The van der Waals surface area contributed by atoms with Crippen LogP contribution in [-0.4, -0.2) is 34.7 Å².